The van der Waals surface area contributed by atoms with Gasteiger partial charge >= 0.3 is 0 Å². The number of hydrogen-bond donors (Lipinski definition) is 2. The number of amides is 2. The number of carbonyl (C=O) groups excluding carboxylic acids is 2. The van der Waals surface area contributed by atoms with Gasteiger partial charge in [0.2, 0.25) is 5.91 Å². The zero-order valence-corrected chi connectivity index (χ0v) is 14.5. The van der Waals surface area contributed by atoms with Crippen molar-refractivity contribution in [2.24, 2.45) is 0 Å². The summed E-state index contributed by atoms with van der Waals surface area (Å²) < 4.78 is 10.8. The monoisotopic (exact) mass is 347 g/mol. The summed E-state index contributed by atoms with van der Waals surface area (Å²) in [7, 11) is 0. The molecule has 1 fully saturated rings. The predicted molar refractivity (Wildman–Crippen MR) is 86.7 cm³/mol. The first-order valence-electron chi connectivity index (χ1n) is 8.07. The van der Waals surface area contributed by atoms with E-state index in [1.807, 2.05) is 0 Å². The number of nitrogens with one attached hydrogen (secondary N) is 2. The highest BCUT2D eigenvalue weighted by atomic mass is 16.5. The molecule has 2 N–H and O–H groups in total. The van der Waals surface area contributed by atoms with Crippen LogP contribution in [0.15, 0.2) is 10.7 Å². The third-order valence-corrected chi connectivity index (χ3v) is 4.08. The van der Waals surface area contributed by atoms with Crippen molar-refractivity contribution in [3.8, 4) is 0 Å². The number of nitrogens with zero attached hydrogens (tertiary/aromatic N) is 3. The molecule has 1 unspecified atom stereocenters. The lowest BCUT2D eigenvalue weighted by Gasteiger charge is -2.32. The minimum atomic E-state index is -0.343. The summed E-state index contributed by atoms with van der Waals surface area (Å²) >= 11 is 0. The quantitative estimate of drug-likeness (QED) is 0.848. The van der Waals surface area contributed by atoms with Gasteiger partial charge in [-0.2, -0.15) is 0 Å². The third kappa shape index (κ3) is 3.71. The van der Waals surface area contributed by atoms with Crippen molar-refractivity contribution in [2.75, 3.05) is 19.7 Å². The average Bonchev–Trinajstić information content (AvgIpc) is 3.19. The molecule has 1 aliphatic rings. The maximum atomic E-state index is 12.8. The van der Waals surface area contributed by atoms with Gasteiger partial charge in [-0.05, 0) is 13.8 Å². The van der Waals surface area contributed by atoms with Gasteiger partial charge in [0.05, 0.1) is 37.3 Å². The van der Waals surface area contributed by atoms with Gasteiger partial charge in [-0.25, -0.2) is 4.98 Å². The maximum Gasteiger partial charge on any atom is 0.259 e. The average molecular weight is 347 g/mol. The zero-order valence-electron chi connectivity index (χ0n) is 14.5. The molecule has 3 rings (SSSR count). The van der Waals surface area contributed by atoms with Crippen LogP contribution in [0.3, 0.4) is 0 Å². The Balaban J connectivity index is 1.69. The van der Waals surface area contributed by atoms with Gasteiger partial charge in [0.1, 0.15) is 23.3 Å². The number of H-pyrrole nitrogens is 1. The predicted octanol–water partition coefficient (Wildman–Crippen LogP) is 0.864. The lowest BCUT2D eigenvalue weighted by Crippen LogP contribution is -2.42. The molecular formula is C16H21N5O4. The second-order valence-electron chi connectivity index (χ2n) is 6.01. The summed E-state index contributed by atoms with van der Waals surface area (Å²) in [4.78, 5) is 32.9. The van der Waals surface area contributed by atoms with Crippen LogP contribution in [0.5, 0.6) is 0 Å². The first-order valence-corrected chi connectivity index (χ1v) is 8.07. The summed E-state index contributed by atoms with van der Waals surface area (Å²) in [6.45, 7) is 6.61. The summed E-state index contributed by atoms with van der Waals surface area (Å²) in [5, 5.41) is 6.54. The topological polar surface area (TPSA) is 113 Å². The van der Waals surface area contributed by atoms with E-state index in [2.05, 4.69) is 20.4 Å². The Labute approximate surface area is 144 Å². The van der Waals surface area contributed by atoms with Crippen molar-refractivity contribution < 1.29 is 18.8 Å². The van der Waals surface area contributed by atoms with Crippen molar-refractivity contribution in [3.63, 3.8) is 0 Å². The molecular weight excluding hydrogens is 326 g/mol. The largest absolute Gasteiger partial charge is 0.367 e. The first-order chi connectivity index (χ1) is 12.0. The number of aromatic amines is 1. The maximum absolute atomic E-state index is 12.8. The molecule has 1 atom stereocenters. The molecule has 25 heavy (non-hydrogen) atoms. The fourth-order valence-corrected chi connectivity index (χ4v) is 2.80. The van der Waals surface area contributed by atoms with E-state index in [9.17, 15) is 9.59 Å². The summed E-state index contributed by atoms with van der Waals surface area (Å²) in [6, 6.07) is 0. The highest BCUT2D eigenvalue weighted by molar-refractivity contribution is 5.96. The standard InChI is InChI=1S/C16H21N5O4/c1-9-14(10(2)25-20-9)16(23)21-4-5-24-13(8-21)15-18-7-12(19-15)6-17-11(3)22/h7,13H,4-6,8H2,1-3H3,(H,17,22)(H,18,19). The first kappa shape index (κ1) is 17.2. The number of morpholine rings is 1. The Kier molecular flexibility index (Phi) is 4.84. The van der Waals surface area contributed by atoms with Crippen LogP contribution in [0.4, 0.5) is 0 Å². The fourth-order valence-electron chi connectivity index (χ4n) is 2.80. The Bertz CT molecular complexity index is 762. The van der Waals surface area contributed by atoms with Crippen molar-refractivity contribution in [1.82, 2.24) is 25.3 Å². The molecule has 134 valence electrons. The number of aromatic nitrogens is 3. The number of aryl methyl sites for hydroxylation is 2. The van der Waals surface area contributed by atoms with Crippen LogP contribution in [0.2, 0.25) is 0 Å². The van der Waals surface area contributed by atoms with E-state index in [4.69, 9.17) is 9.26 Å². The van der Waals surface area contributed by atoms with Crippen LogP contribution in [-0.4, -0.2) is 51.5 Å². The van der Waals surface area contributed by atoms with Gasteiger partial charge in [-0.3, -0.25) is 9.59 Å². The van der Waals surface area contributed by atoms with Gasteiger partial charge in [-0.15, -0.1) is 0 Å². The van der Waals surface area contributed by atoms with E-state index < -0.39 is 0 Å². The Hall–Kier alpha value is -2.68. The van der Waals surface area contributed by atoms with Crippen LogP contribution in [0.1, 0.15) is 46.4 Å². The van der Waals surface area contributed by atoms with E-state index in [1.165, 1.54) is 6.92 Å². The van der Waals surface area contributed by atoms with Crippen LogP contribution < -0.4 is 5.32 Å². The molecule has 0 spiro atoms. The van der Waals surface area contributed by atoms with Gasteiger partial charge in [-0.1, -0.05) is 5.16 Å². The Morgan fingerprint density at radius 3 is 2.92 bits per heavy atom. The molecule has 1 saturated heterocycles. The number of rotatable bonds is 4. The van der Waals surface area contributed by atoms with E-state index in [0.717, 1.165) is 5.69 Å². The van der Waals surface area contributed by atoms with E-state index in [-0.39, 0.29) is 17.9 Å². The van der Waals surface area contributed by atoms with Crippen LogP contribution >= 0.6 is 0 Å². The molecule has 0 aromatic carbocycles. The summed E-state index contributed by atoms with van der Waals surface area (Å²) in [5.74, 6) is 0.925. The van der Waals surface area contributed by atoms with Crippen LogP contribution in [0.25, 0.3) is 0 Å². The number of carbonyl (C=O) groups is 2. The lowest BCUT2D eigenvalue weighted by molar-refractivity contribution is -0.119. The number of hydrogen-bond acceptors (Lipinski definition) is 6. The van der Waals surface area contributed by atoms with Crippen molar-refractivity contribution in [2.45, 2.75) is 33.4 Å². The molecule has 9 heteroatoms. The van der Waals surface area contributed by atoms with Crippen LogP contribution in [-0.2, 0) is 16.1 Å². The molecule has 0 bridgehead atoms. The minimum Gasteiger partial charge on any atom is -0.367 e. The Morgan fingerprint density at radius 2 is 2.24 bits per heavy atom. The molecule has 0 saturated carbocycles. The van der Waals surface area contributed by atoms with Gasteiger partial charge < -0.3 is 24.5 Å². The smallest absolute Gasteiger partial charge is 0.259 e. The molecule has 0 radical (unpaired) electrons. The zero-order chi connectivity index (χ0) is 18.0. The summed E-state index contributed by atoms with van der Waals surface area (Å²) in [6.07, 6.45) is 1.31. The van der Waals surface area contributed by atoms with Crippen molar-refractivity contribution in [1.29, 1.82) is 0 Å². The molecule has 2 aromatic heterocycles. The molecule has 3 heterocycles. The van der Waals surface area contributed by atoms with E-state index in [1.54, 1.807) is 24.9 Å². The lowest BCUT2D eigenvalue weighted by atomic mass is 10.1. The summed E-state index contributed by atoms with van der Waals surface area (Å²) in [5.41, 5.74) is 1.87. The van der Waals surface area contributed by atoms with E-state index in [0.29, 0.717) is 49.1 Å². The normalized spacial score (nSPS) is 17.6. The Morgan fingerprint density at radius 1 is 1.44 bits per heavy atom. The van der Waals surface area contributed by atoms with Gasteiger partial charge in [0.25, 0.3) is 5.91 Å². The fraction of sp³-hybridized carbons (Fsp3) is 0.500. The van der Waals surface area contributed by atoms with Crippen molar-refractivity contribution in [3.05, 3.63) is 34.7 Å². The molecule has 1 aliphatic heterocycles. The molecule has 0 aliphatic carbocycles. The highest BCUT2D eigenvalue weighted by Crippen LogP contribution is 2.23. The van der Waals surface area contributed by atoms with Crippen molar-refractivity contribution >= 4 is 11.8 Å². The number of imidazole rings is 1. The second kappa shape index (κ2) is 7.06. The molecule has 2 aromatic rings. The highest BCUT2D eigenvalue weighted by Gasteiger charge is 2.30. The molecule has 9 nitrogen and oxygen atoms in total. The second-order valence-corrected chi connectivity index (χ2v) is 6.01. The van der Waals surface area contributed by atoms with E-state index >= 15 is 0 Å². The SMILES string of the molecule is CC(=O)NCc1cnc(C2CN(C(=O)c3c(C)noc3C)CCO2)[nH]1. The van der Waals surface area contributed by atoms with Crippen LogP contribution in [0, 0.1) is 13.8 Å². The number of ether oxygens (including phenoxy) is 1. The van der Waals surface area contributed by atoms with Gasteiger partial charge in [0, 0.05) is 13.5 Å². The third-order valence-electron chi connectivity index (χ3n) is 4.08. The minimum absolute atomic E-state index is 0.110. The molecule has 2 amide bonds. The van der Waals surface area contributed by atoms with Gasteiger partial charge in [0.15, 0.2) is 0 Å².